The number of carbonyl (C=O) groups excluding carboxylic acids is 1. The Labute approximate surface area is 101 Å². The summed E-state index contributed by atoms with van der Waals surface area (Å²) in [4.78, 5) is 11.7. The van der Waals surface area contributed by atoms with Crippen LogP contribution in [-0.4, -0.2) is 11.1 Å². The lowest BCUT2D eigenvalue weighted by Gasteiger charge is -2.02. The minimum Gasteiger partial charge on any atom is -0.360 e. The van der Waals surface area contributed by atoms with E-state index in [-0.39, 0.29) is 10.6 Å². The molecule has 0 atom stereocenters. The smallest absolute Gasteiger partial charge is 0.256 e. The Morgan fingerprint density at radius 3 is 2.82 bits per heavy atom. The van der Waals surface area contributed by atoms with E-state index in [1.165, 1.54) is 12.1 Å². The van der Waals surface area contributed by atoms with Crippen LogP contribution < -0.4 is 5.32 Å². The molecule has 1 amide bonds. The van der Waals surface area contributed by atoms with Crippen LogP contribution in [0.25, 0.3) is 0 Å². The molecule has 1 N–H and O–H groups in total. The van der Waals surface area contributed by atoms with Crippen LogP contribution >= 0.6 is 11.6 Å². The van der Waals surface area contributed by atoms with Gasteiger partial charge in [0.05, 0.1) is 5.02 Å². The number of anilines is 1. The van der Waals surface area contributed by atoms with E-state index >= 15 is 0 Å². The summed E-state index contributed by atoms with van der Waals surface area (Å²) < 4.78 is 17.7. The number of aromatic nitrogens is 1. The van der Waals surface area contributed by atoms with Gasteiger partial charge in [-0.25, -0.2) is 4.39 Å². The molecule has 0 unspecified atom stereocenters. The zero-order valence-corrected chi connectivity index (χ0v) is 9.58. The number of amides is 1. The van der Waals surface area contributed by atoms with Crippen molar-refractivity contribution in [3.8, 4) is 0 Å². The topological polar surface area (TPSA) is 55.1 Å². The second-order valence-corrected chi connectivity index (χ2v) is 3.81. The van der Waals surface area contributed by atoms with Gasteiger partial charge in [-0.1, -0.05) is 16.8 Å². The van der Waals surface area contributed by atoms with Gasteiger partial charge in [-0.15, -0.1) is 0 Å². The summed E-state index contributed by atoms with van der Waals surface area (Å²) in [5.74, 6) is -0.119. The van der Waals surface area contributed by atoms with Gasteiger partial charge in [0.1, 0.15) is 11.6 Å². The number of hydrogen-bond donors (Lipinski definition) is 1. The molecule has 0 aliphatic heterocycles. The maximum Gasteiger partial charge on any atom is 0.256 e. The van der Waals surface area contributed by atoms with Crippen molar-refractivity contribution in [2.24, 2.45) is 0 Å². The van der Waals surface area contributed by atoms with Crippen LogP contribution in [0.2, 0.25) is 5.02 Å². The molecule has 0 radical (unpaired) electrons. The minimum absolute atomic E-state index is 0.103. The third-order valence-corrected chi connectivity index (χ3v) is 2.34. The van der Waals surface area contributed by atoms with Crippen molar-refractivity contribution < 1.29 is 13.7 Å². The predicted molar refractivity (Wildman–Crippen MR) is 60.6 cm³/mol. The summed E-state index contributed by atoms with van der Waals surface area (Å²) in [6.45, 7) is 1.71. The van der Waals surface area contributed by atoms with E-state index < -0.39 is 11.7 Å². The highest BCUT2D eigenvalue weighted by Gasteiger charge is 2.10. The van der Waals surface area contributed by atoms with E-state index in [2.05, 4.69) is 10.5 Å². The second-order valence-electron chi connectivity index (χ2n) is 3.41. The van der Waals surface area contributed by atoms with Crippen LogP contribution in [0.5, 0.6) is 0 Å². The van der Waals surface area contributed by atoms with Crippen molar-refractivity contribution in [1.29, 1.82) is 0 Å². The first-order valence-corrected chi connectivity index (χ1v) is 5.14. The summed E-state index contributed by atoms with van der Waals surface area (Å²) in [6, 6.07) is 5.29. The zero-order chi connectivity index (χ0) is 12.4. The average molecular weight is 255 g/mol. The Bertz CT molecular complexity index is 568. The van der Waals surface area contributed by atoms with E-state index in [9.17, 15) is 9.18 Å². The monoisotopic (exact) mass is 254 g/mol. The van der Waals surface area contributed by atoms with Gasteiger partial charge in [-0.05, 0) is 25.1 Å². The number of nitrogens with one attached hydrogen (secondary N) is 1. The fraction of sp³-hybridized carbons (Fsp3) is 0.0909. The average Bonchev–Trinajstić information content (AvgIpc) is 2.68. The van der Waals surface area contributed by atoms with Gasteiger partial charge in [-0.3, -0.25) is 4.79 Å². The number of carbonyl (C=O) groups is 1. The maximum absolute atomic E-state index is 12.9. The second kappa shape index (κ2) is 4.55. The molecular weight excluding hydrogens is 247 g/mol. The van der Waals surface area contributed by atoms with Crippen LogP contribution in [0, 0.1) is 12.7 Å². The molecule has 1 aromatic carbocycles. The first kappa shape index (κ1) is 11.6. The largest absolute Gasteiger partial charge is 0.360 e. The van der Waals surface area contributed by atoms with E-state index in [0.717, 1.165) is 6.07 Å². The standard InChI is InChI=1S/C11H8ClFN2O2/c1-6-4-10(15-17-6)14-11(16)7-2-3-9(13)8(12)5-7/h2-5H,1H3,(H,14,15,16). The molecule has 4 nitrogen and oxygen atoms in total. The Kier molecular flexibility index (Phi) is 3.10. The molecule has 0 bridgehead atoms. The summed E-state index contributed by atoms with van der Waals surface area (Å²) in [5.41, 5.74) is 0.247. The van der Waals surface area contributed by atoms with E-state index in [1.807, 2.05) is 0 Å². The van der Waals surface area contributed by atoms with Gasteiger partial charge in [-0.2, -0.15) is 0 Å². The van der Waals surface area contributed by atoms with Crippen molar-refractivity contribution in [2.45, 2.75) is 6.92 Å². The van der Waals surface area contributed by atoms with Crippen LogP contribution in [0.4, 0.5) is 10.2 Å². The lowest BCUT2D eigenvalue weighted by molar-refractivity contribution is 0.102. The number of halogens is 2. The van der Waals surface area contributed by atoms with E-state index in [0.29, 0.717) is 11.6 Å². The SMILES string of the molecule is Cc1cc(NC(=O)c2ccc(F)c(Cl)c2)no1. The molecule has 1 aromatic heterocycles. The molecule has 0 saturated heterocycles. The number of benzene rings is 1. The summed E-state index contributed by atoms with van der Waals surface area (Å²) in [7, 11) is 0. The fourth-order valence-corrected chi connectivity index (χ4v) is 1.43. The molecule has 1 heterocycles. The van der Waals surface area contributed by atoms with Crippen LogP contribution in [-0.2, 0) is 0 Å². The first-order valence-electron chi connectivity index (χ1n) is 4.76. The molecular formula is C11H8ClFN2O2. The lowest BCUT2D eigenvalue weighted by Crippen LogP contribution is -2.12. The third-order valence-electron chi connectivity index (χ3n) is 2.05. The van der Waals surface area contributed by atoms with Crippen molar-refractivity contribution >= 4 is 23.3 Å². The number of aryl methyl sites for hydroxylation is 1. The Morgan fingerprint density at radius 2 is 2.24 bits per heavy atom. The molecule has 2 aromatic rings. The molecule has 0 aliphatic rings. The van der Waals surface area contributed by atoms with Crippen molar-refractivity contribution in [3.05, 3.63) is 46.4 Å². The lowest BCUT2D eigenvalue weighted by atomic mass is 10.2. The molecule has 17 heavy (non-hydrogen) atoms. The minimum atomic E-state index is -0.569. The number of hydrogen-bond acceptors (Lipinski definition) is 3. The predicted octanol–water partition coefficient (Wildman–Crippen LogP) is 3.03. The highest BCUT2D eigenvalue weighted by Crippen LogP contribution is 2.17. The first-order chi connectivity index (χ1) is 8.06. The Hall–Kier alpha value is -1.88. The molecule has 0 saturated carbocycles. The molecule has 0 aliphatic carbocycles. The van der Waals surface area contributed by atoms with Crippen molar-refractivity contribution in [3.63, 3.8) is 0 Å². The summed E-state index contributed by atoms with van der Waals surface area (Å²) >= 11 is 5.58. The Morgan fingerprint density at radius 1 is 1.47 bits per heavy atom. The van der Waals surface area contributed by atoms with E-state index in [4.69, 9.17) is 16.1 Å². The zero-order valence-electron chi connectivity index (χ0n) is 8.83. The van der Waals surface area contributed by atoms with Crippen LogP contribution in [0.1, 0.15) is 16.1 Å². The molecule has 88 valence electrons. The van der Waals surface area contributed by atoms with Crippen molar-refractivity contribution in [1.82, 2.24) is 5.16 Å². The highest BCUT2D eigenvalue weighted by molar-refractivity contribution is 6.31. The summed E-state index contributed by atoms with van der Waals surface area (Å²) in [5, 5.41) is 6.01. The van der Waals surface area contributed by atoms with Gasteiger partial charge in [0.2, 0.25) is 0 Å². The quantitative estimate of drug-likeness (QED) is 0.896. The molecule has 0 fully saturated rings. The van der Waals surface area contributed by atoms with Gasteiger partial charge in [0.15, 0.2) is 5.82 Å². The molecule has 2 rings (SSSR count). The van der Waals surface area contributed by atoms with Gasteiger partial charge >= 0.3 is 0 Å². The van der Waals surface area contributed by atoms with Gasteiger partial charge < -0.3 is 9.84 Å². The van der Waals surface area contributed by atoms with Crippen molar-refractivity contribution in [2.75, 3.05) is 5.32 Å². The number of rotatable bonds is 2. The third kappa shape index (κ3) is 2.62. The highest BCUT2D eigenvalue weighted by atomic mass is 35.5. The Balaban J connectivity index is 2.17. The molecule has 0 spiro atoms. The molecule has 6 heteroatoms. The summed E-state index contributed by atoms with van der Waals surface area (Å²) in [6.07, 6.45) is 0. The fourth-order valence-electron chi connectivity index (χ4n) is 1.25. The van der Waals surface area contributed by atoms with Gasteiger partial charge in [0, 0.05) is 11.6 Å². The van der Waals surface area contributed by atoms with E-state index in [1.54, 1.807) is 13.0 Å². The van der Waals surface area contributed by atoms with Gasteiger partial charge in [0.25, 0.3) is 5.91 Å². The number of nitrogens with zero attached hydrogens (tertiary/aromatic N) is 1. The van der Waals surface area contributed by atoms with Crippen LogP contribution in [0.3, 0.4) is 0 Å². The van der Waals surface area contributed by atoms with Crippen LogP contribution in [0.15, 0.2) is 28.8 Å². The maximum atomic E-state index is 12.9. The normalized spacial score (nSPS) is 10.3.